The molecule has 2 N–H and O–H groups in total. The smallest absolute Gasteiger partial charge is 0.339 e. The van der Waals surface area contributed by atoms with E-state index in [9.17, 15) is 15.0 Å². The van der Waals surface area contributed by atoms with E-state index in [2.05, 4.69) is 0 Å². The topological polar surface area (TPSA) is 76.0 Å². The second-order valence-corrected chi connectivity index (χ2v) is 5.49. The lowest BCUT2D eigenvalue weighted by Crippen LogP contribution is -2.21. The quantitative estimate of drug-likeness (QED) is 0.808. The highest BCUT2D eigenvalue weighted by Crippen LogP contribution is 2.32. The van der Waals surface area contributed by atoms with E-state index in [-0.39, 0.29) is 17.9 Å². The molecule has 0 saturated heterocycles. The molecule has 1 aromatic carbocycles. The zero-order chi connectivity index (χ0) is 15.2. The average Bonchev–Trinajstić information content (AvgIpc) is 2.97. The molecule has 1 aliphatic rings. The van der Waals surface area contributed by atoms with Crippen LogP contribution in [0.1, 0.15) is 42.5 Å². The highest BCUT2D eigenvalue weighted by Gasteiger charge is 2.21. The molecule has 1 atom stereocenters. The summed E-state index contributed by atoms with van der Waals surface area (Å²) in [6.07, 6.45) is 4.90. The Morgan fingerprint density at radius 1 is 1.38 bits per heavy atom. The van der Waals surface area contributed by atoms with Gasteiger partial charge in [-0.05, 0) is 24.5 Å². The zero-order valence-corrected chi connectivity index (χ0v) is 12.2. The number of aliphatic hydroxyl groups excluding tert-OH is 1. The summed E-state index contributed by atoms with van der Waals surface area (Å²) in [4.78, 5) is 11.2. The number of ether oxygens (including phenoxy) is 2. The number of hydrogen-bond acceptors (Lipinski definition) is 4. The third-order valence-corrected chi connectivity index (χ3v) is 3.93. The van der Waals surface area contributed by atoms with Gasteiger partial charge in [0, 0.05) is 0 Å². The van der Waals surface area contributed by atoms with Crippen LogP contribution in [-0.4, -0.2) is 36.0 Å². The van der Waals surface area contributed by atoms with E-state index in [0.717, 1.165) is 12.8 Å². The van der Waals surface area contributed by atoms with Crippen LogP contribution in [0.4, 0.5) is 0 Å². The summed E-state index contributed by atoms with van der Waals surface area (Å²) in [5.41, 5.74) is 0.0439. The van der Waals surface area contributed by atoms with Crippen LogP contribution in [-0.2, 0) is 0 Å². The predicted molar refractivity (Wildman–Crippen MR) is 78.0 cm³/mol. The molecule has 5 heteroatoms. The van der Waals surface area contributed by atoms with Crippen LogP contribution >= 0.6 is 0 Å². The summed E-state index contributed by atoms with van der Waals surface area (Å²) in [6, 6.07) is 4.71. The van der Waals surface area contributed by atoms with Gasteiger partial charge in [0.05, 0.1) is 13.2 Å². The van der Waals surface area contributed by atoms with Crippen LogP contribution < -0.4 is 9.47 Å². The summed E-state index contributed by atoms with van der Waals surface area (Å²) in [5.74, 6) is 0.0235. The van der Waals surface area contributed by atoms with Gasteiger partial charge in [-0.2, -0.15) is 0 Å². The predicted octanol–water partition coefficient (Wildman–Crippen LogP) is 2.71. The van der Waals surface area contributed by atoms with Crippen molar-refractivity contribution in [2.75, 3.05) is 13.7 Å². The van der Waals surface area contributed by atoms with Crippen LogP contribution in [0.25, 0.3) is 0 Å². The molecule has 116 valence electrons. The van der Waals surface area contributed by atoms with Gasteiger partial charge in [0.15, 0.2) is 11.5 Å². The van der Waals surface area contributed by atoms with Crippen molar-refractivity contribution in [1.29, 1.82) is 0 Å². The molecule has 0 spiro atoms. The number of benzene rings is 1. The molecule has 0 radical (unpaired) electrons. The number of aromatic carboxylic acids is 1. The van der Waals surface area contributed by atoms with Crippen LogP contribution in [0, 0.1) is 5.92 Å². The summed E-state index contributed by atoms with van der Waals surface area (Å²) in [7, 11) is 1.46. The van der Waals surface area contributed by atoms with Crippen molar-refractivity contribution in [2.24, 2.45) is 5.92 Å². The number of carboxylic acids is 1. The van der Waals surface area contributed by atoms with Crippen LogP contribution in [0.2, 0.25) is 0 Å². The Labute approximate surface area is 124 Å². The molecule has 0 heterocycles. The zero-order valence-electron chi connectivity index (χ0n) is 12.2. The maximum Gasteiger partial charge on any atom is 0.339 e. The normalized spacial score (nSPS) is 16.7. The number of carbonyl (C=O) groups is 1. The van der Waals surface area contributed by atoms with E-state index in [1.165, 1.54) is 26.0 Å². The molecule has 1 aromatic rings. The first kappa shape index (κ1) is 15.6. The van der Waals surface area contributed by atoms with E-state index in [4.69, 9.17) is 9.47 Å². The van der Waals surface area contributed by atoms with Gasteiger partial charge in [0.1, 0.15) is 12.2 Å². The number of para-hydroxylation sites is 1. The molecule has 2 rings (SSSR count). The third kappa shape index (κ3) is 4.11. The van der Waals surface area contributed by atoms with Crippen LogP contribution in [0.3, 0.4) is 0 Å². The van der Waals surface area contributed by atoms with Gasteiger partial charge in [-0.3, -0.25) is 0 Å². The molecule has 1 unspecified atom stereocenters. The van der Waals surface area contributed by atoms with E-state index in [1.807, 2.05) is 0 Å². The lowest BCUT2D eigenvalue weighted by atomic mass is 10.0. The molecular formula is C16H22O5. The van der Waals surface area contributed by atoms with Crippen LogP contribution in [0.15, 0.2) is 18.2 Å². The maximum absolute atomic E-state index is 11.2. The minimum atomic E-state index is -1.07. The standard InChI is InChI=1S/C16H22O5/c1-20-14-8-4-7-13(16(18)19)15(14)21-10-12(17)9-11-5-2-3-6-11/h4,7-8,11-12,17H,2-3,5-6,9-10H2,1H3,(H,18,19). The van der Waals surface area contributed by atoms with E-state index in [1.54, 1.807) is 12.1 Å². The molecule has 1 fully saturated rings. The van der Waals surface area contributed by atoms with Crippen molar-refractivity contribution in [3.8, 4) is 11.5 Å². The summed E-state index contributed by atoms with van der Waals surface area (Å²) < 4.78 is 10.7. The van der Waals surface area contributed by atoms with Crippen molar-refractivity contribution in [1.82, 2.24) is 0 Å². The second-order valence-electron chi connectivity index (χ2n) is 5.49. The van der Waals surface area contributed by atoms with Crippen molar-refractivity contribution in [3.05, 3.63) is 23.8 Å². The number of hydrogen-bond donors (Lipinski definition) is 2. The van der Waals surface area contributed by atoms with Gasteiger partial charge >= 0.3 is 5.97 Å². The summed E-state index contributed by atoms with van der Waals surface area (Å²) >= 11 is 0. The van der Waals surface area contributed by atoms with E-state index >= 15 is 0 Å². The molecule has 1 aliphatic carbocycles. The van der Waals surface area contributed by atoms with Crippen molar-refractivity contribution < 1.29 is 24.5 Å². The number of methoxy groups -OCH3 is 1. The van der Waals surface area contributed by atoms with Crippen molar-refractivity contribution in [2.45, 2.75) is 38.2 Å². The van der Waals surface area contributed by atoms with Gasteiger partial charge in [0.2, 0.25) is 0 Å². The van der Waals surface area contributed by atoms with Crippen LogP contribution in [0.5, 0.6) is 11.5 Å². The van der Waals surface area contributed by atoms with Gasteiger partial charge in [-0.25, -0.2) is 4.79 Å². The van der Waals surface area contributed by atoms with Crippen molar-refractivity contribution in [3.63, 3.8) is 0 Å². The Balaban J connectivity index is 1.99. The Kier molecular flexibility index (Phi) is 5.44. The molecule has 1 saturated carbocycles. The SMILES string of the molecule is COc1cccc(C(=O)O)c1OCC(O)CC1CCCC1. The lowest BCUT2D eigenvalue weighted by Gasteiger charge is -2.18. The minimum Gasteiger partial charge on any atom is -0.493 e. The Bertz CT molecular complexity index is 480. The molecule has 5 nitrogen and oxygen atoms in total. The monoisotopic (exact) mass is 294 g/mol. The highest BCUT2D eigenvalue weighted by molar-refractivity contribution is 5.92. The fourth-order valence-corrected chi connectivity index (χ4v) is 2.87. The van der Waals surface area contributed by atoms with Gasteiger partial charge in [-0.1, -0.05) is 31.7 Å². The molecular weight excluding hydrogens is 272 g/mol. The fourth-order valence-electron chi connectivity index (χ4n) is 2.87. The average molecular weight is 294 g/mol. The fraction of sp³-hybridized carbons (Fsp3) is 0.562. The van der Waals surface area contributed by atoms with E-state index in [0.29, 0.717) is 18.1 Å². The summed E-state index contributed by atoms with van der Waals surface area (Å²) in [6.45, 7) is 0.0805. The molecule has 0 bridgehead atoms. The molecule has 0 amide bonds. The number of aliphatic hydroxyl groups is 1. The minimum absolute atomic E-state index is 0.0439. The van der Waals surface area contributed by atoms with E-state index < -0.39 is 12.1 Å². The lowest BCUT2D eigenvalue weighted by molar-refractivity contribution is 0.0668. The summed E-state index contributed by atoms with van der Waals surface area (Å²) in [5, 5.41) is 19.2. The molecule has 0 aliphatic heterocycles. The van der Waals surface area contributed by atoms with Gasteiger partial charge < -0.3 is 19.7 Å². The molecule has 21 heavy (non-hydrogen) atoms. The third-order valence-electron chi connectivity index (χ3n) is 3.93. The number of carboxylic acid groups (broad SMARTS) is 1. The second kappa shape index (κ2) is 7.31. The number of rotatable bonds is 7. The first-order valence-corrected chi connectivity index (χ1v) is 7.33. The Morgan fingerprint density at radius 2 is 2.10 bits per heavy atom. The highest BCUT2D eigenvalue weighted by atomic mass is 16.5. The maximum atomic E-state index is 11.2. The largest absolute Gasteiger partial charge is 0.493 e. The Hall–Kier alpha value is -1.75. The van der Waals surface area contributed by atoms with Gasteiger partial charge in [0.25, 0.3) is 0 Å². The van der Waals surface area contributed by atoms with Gasteiger partial charge in [-0.15, -0.1) is 0 Å². The first-order chi connectivity index (χ1) is 10.1. The molecule has 0 aromatic heterocycles. The van der Waals surface area contributed by atoms with Crippen molar-refractivity contribution >= 4 is 5.97 Å². The first-order valence-electron chi connectivity index (χ1n) is 7.33. The Morgan fingerprint density at radius 3 is 2.71 bits per heavy atom.